The first-order chi connectivity index (χ1) is 9.75. The van der Waals surface area contributed by atoms with Crippen LogP contribution in [-0.2, 0) is 4.79 Å². The molecule has 1 heterocycles. The average Bonchev–Trinajstić information content (AvgIpc) is 3.27. The summed E-state index contributed by atoms with van der Waals surface area (Å²) in [6.45, 7) is 3.49. The Morgan fingerprint density at radius 1 is 1.30 bits per heavy atom. The minimum atomic E-state index is -0.736. The topological polar surface area (TPSA) is 52.6 Å². The maximum absolute atomic E-state index is 11.7. The van der Waals surface area contributed by atoms with Gasteiger partial charge in [-0.2, -0.15) is 0 Å². The number of rotatable bonds is 4. The Hall–Kier alpha value is -1.39. The molecule has 108 valence electrons. The second kappa shape index (κ2) is 5.94. The minimum absolute atomic E-state index is 0.506. The van der Waals surface area contributed by atoms with Gasteiger partial charge in [0.1, 0.15) is 6.04 Å². The molecule has 3 rings (SSSR count). The van der Waals surface area contributed by atoms with Gasteiger partial charge in [0, 0.05) is 19.6 Å². The van der Waals surface area contributed by atoms with Gasteiger partial charge in [0.15, 0.2) is 0 Å². The van der Waals surface area contributed by atoms with Crippen LogP contribution in [0.5, 0.6) is 0 Å². The average molecular weight is 274 g/mol. The van der Waals surface area contributed by atoms with Crippen LogP contribution in [0.3, 0.4) is 0 Å². The number of carboxylic acid groups (broad SMARTS) is 1. The lowest BCUT2D eigenvalue weighted by atomic mass is 10.0. The Morgan fingerprint density at radius 3 is 2.90 bits per heavy atom. The molecule has 0 spiro atoms. The van der Waals surface area contributed by atoms with E-state index in [1.54, 1.807) is 0 Å². The van der Waals surface area contributed by atoms with E-state index in [0.717, 1.165) is 38.2 Å². The summed E-state index contributed by atoms with van der Waals surface area (Å²) >= 11 is 0. The Labute approximate surface area is 119 Å². The van der Waals surface area contributed by atoms with Crippen LogP contribution in [0.25, 0.3) is 0 Å². The summed E-state index contributed by atoms with van der Waals surface area (Å²) in [5.74, 6) is -0.0740. The number of hydrogen-bond donors (Lipinski definition) is 2. The van der Waals surface area contributed by atoms with Crippen molar-refractivity contribution in [2.75, 3.05) is 26.2 Å². The maximum Gasteiger partial charge on any atom is 0.325 e. The third-order valence-corrected chi connectivity index (χ3v) is 4.25. The van der Waals surface area contributed by atoms with Crippen molar-refractivity contribution < 1.29 is 9.90 Å². The molecule has 1 saturated carbocycles. The summed E-state index contributed by atoms with van der Waals surface area (Å²) in [4.78, 5) is 13.8. The zero-order valence-electron chi connectivity index (χ0n) is 11.7. The van der Waals surface area contributed by atoms with Crippen LogP contribution in [0.2, 0.25) is 0 Å². The van der Waals surface area contributed by atoms with Crippen LogP contribution >= 0.6 is 0 Å². The molecular weight excluding hydrogens is 252 g/mol. The van der Waals surface area contributed by atoms with Crippen molar-refractivity contribution in [3.05, 3.63) is 35.4 Å². The van der Waals surface area contributed by atoms with Gasteiger partial charge < -0.3 is 10.4 Å². The number of hydrogen-bond acceptors (Lipinski definition) is 3. The van der Waals surface area contributed by atoms with Gasteiger partial charge in [0.2, 0.25) is 0 Å². The second-order valence-corrected chi connectivity index (χ2v) is 5.82. The van der Waals surface area contributed by atoms with E-state index in [1.807, 2.05) is 12.1 Å². The minimum Gasteiger partial charge on any atom is -0.480 e. The quantitative estimate of drug-likeness (QED) is 0.881. The highest BCUT2D eigenvalue weighted by Gasteiger charge is 2.29. The SMILES string of the molecule is O=C(O)C(c1cccc(C2CC2)c1)N1CCCNCC1. The maximum atomic E-state index is 11.7. The molecular formula is C16H22N2O2. The summed E-state index contributed by atoms with van der Waals surface area (Å²) in [5.41, 5.74) is 2.24. The number of benzene rings is 1. The lowest BCUT2D eigenvalue weighted by Crippen LogP contribution is -2.36. The summed E-state index contributed by atoms with van der Waals surface area (Å²) in [7, 11) is 0. The molecule has 20 heavy (non-hydrogen) atoms. The summed E-state index contributed by atoms with van der Waals surface area (Å²) in [5, 5.41) is 13.0. The van der Waals surface area contributed by atoms with Gasteiger partial charge in [0.05, 0.1) is 0 Å². The van der Waals surface area contributed by atoms with Gasteiger partial charge in [-0.1, -0.05) is 24.3 Å². The van der Waals surface area contributed by atoms with E-state index in [0.29, 0.717) is 5.92 Å². The van der Waals surface area contributed by atoms with Crippen LogP contribution in [0.1, 0.15) is 42.3 Å². The molecule has 1 unspecified atom stereocenters. The van der Waals surface area contributed by atoms with Gasteiger partial charge in [-0.25, -0.2) is 0 Å². The van der Waals surface area contributed by atoms with Crippen molar-refractivity contribution in [2.45, 2.75) is 31.2 Å². The largest absolute Gasteiger partial charge is 0.480 e. The first kappa shape index (κ1) is 13.6. The molecule has 1 aliphatic heterocycles. The molecule has 1 atom stereocenters. The van der Waals surface area contributed by atoms with Gasteiger partial charge in [-0.05, 0) is 42.9 Å². The number of nitrogens with one attached hydrogen (secondary N) is 1. The van der Waals surface area contributed by atoms with Crippen molar-refractivity contribution in [2.24, 2.45) is 0 Å². The third kappa shape index (κ3) is 3.02. The van der Waals surface area contributed by atoms with Crippen LogP contribution in [0.15, 0.2) is 24.3 Å². The summed E-state index contributed by atoms with van der Waals surface area (Å²) in [6.07, 6.45) is 3.50. The molecule has 1 aliphatic carbocycles. The van der Waals surface area contributed by atoms with Crippen molar-refractivity contribution in [3.63, 3.8) is 0 Å². The zero-order valence-corrected chi connectivity index (χ0v) is 11.7. The van der Waals surface area contributed by atoms with E-state index < -0.39 is 12.0 Å². The number of aliphatic carboxylic acids is 1. The van der Waals surface area contributed by atoms with Crippen molar-refractivity contribution in [1.29, 1.82) is 0 Å². The highest BCUT2D eigenvalue weighted by atomic mass is 16.4. The molecule has 2 N–H and O–H groups in total. The monoisotopic (exact) mass is 274 g/mol. The highest BCUT2D eigenvalue weighted by molar-refractivity contribution is 5.75. The van der Waals surface area contributed by atoms with E-state index in [1.165, 1.54) is 18.4 Å². The lowest BCUT2D eigenvalue weighted by Gasteiger charge is -2.27. The second-order valence-electron chi connectivity index (χ2n) is 5.82. The fourth-order valence-corrected chi connectivity index (χ4v) is 3.03. The molecule has 1 aromatic rings. The Bertz CT molecular complexity index is 477. The molecule has 2 aliphatic rings. The van der Waals surface area contributed by atoms with Crippen LogP contribution < -0.4 is 5.32 Å². The smallest absolute Gasteiger partial charge is 0.325 e. The summed E-state index contributed by atoms with van der Waals surface area (Å²) < 4.78 is 0. The normalized spacial score (nSPS) is 22.2. The van der Waals surface area contributed by atoms with Crippen molar-refractivity contribution in [3.8, 4) is 0 Å². The molecule has 0 bridgehead atoms. The standard InChI is InChI=1S/C16H22N2O2/c19-16(20)15(18-9-2-7-17-8-10-18)14-4-1-3-13(11-14)12-5-6-12/h1,3-4,11-12,15,17H,2,5-10H2,(H,19,20). The van der Waals surface area contributed by atoms with Crippen LogP contribution in [-0.4, -0.2) is 42.2 Å². The van der Waals surface area contributed by atoms with Crippen molar-refractivity contribution >= 4 is 5.97 Å². The van der Waals surface area contributed by atoms with Gasteiger partial charge >= 0.3 is 5.97 Å². The van der Waals surface area contributed by atoms with Crippen LogP contribution in [0.4, 0.5) is 0 Å². The molecule has 0 aromatic heterocycles. The first-order valence-corrected chi connectivity index (χ1v) is 7.53. The van der Waals surface area contributed by atoms with Gasteiger partial charge in [-0.15, -0.1) is 0 Å². The predicted octanol–water partition coefficient (Wildman–Crippen LogP) is 1.98. The Balaban J connectivity index is 1.85. The van der Waals surface area contributed by atoms with Gasteiger partial charge in [0.25, 0.3) is 0 Å². The molecule has 2 fully saturated rings. The van der Waals surface area contributed by atoms with Gasteiger partial charge in [-0.3, -0.25) is 9.69 Å². The Morgan fingerprint density at radius 2 is 2.15 bits per heavy atom. The van der Waals surface area contributed by atoms with E-state index >= 15 is 0 Å². The molecule has 4 nitrogen and oxygen atoms in total. The molecule has 1 saturated heterocycles. The Kier molecular flexibility index (Phi) is 4.03. The fraction of sp³-hybridized carbons (Fsp3) is 0.562. The predicted molar refractivity (Wildman–Crippen MR) is 77.9 cm³/mol. The molecule has 4 heteroatoms. The van der Waals surface area contributed by atoms with Crippen LogP contribution in [0, 0.1) is 0 Å². The van der Waals surface area contributed by atoms with E-state index in [2.05, 4.69) is 22.3 Å². The zero-order chi connectivity index (χ0) is 13.9. The van der Waals surface area contributed by atoms with E-state index in [4.69, 9.17) is 0 Å². The van der Waals surface area contributed by atoms with E-state index in [-0.39, 0.29) is 0 Å². The number of carbonyl (C=O) groups is 1. The number of carboxylic acids is 1. The van der Waals surface area contributed by atoms with Crippen molar-refractivity contribution in [1.82, 2.24) is 10.2 Å². The first-order valence-electron chi connectivity index (χ1n) is 7.53. The summed E-state index contributed by atoms with van der Waals surface area (Å²) in [6, 6.07) is 7.70. The molecule has 1 aromatic carbocycles. The highest BCUT2D eigenvalue weighted by Crippen LogP contribution is 2.40. The lowest BCUT2D eigenvalue weighted by molar-refractivity contribution is -0.143. The number of nitrogens with zero attached hydrogens (tertiary/aromatic N) is 1. The fourth-order valence-electron chi connectivity index (χ4n) is 3.03. The third-order valence-electron chi connectivity index (χ3n) is 4.25. The molecule has 0 radical (unpaired) electrons. The van der Waals surface area contributed by atoms with E-state index in [9.17, 15) is 9.90 Å². The molecule has 0 amide bonds.